The Morgan fingerprint density at radius 2 is 1.94 bits per heavy atom. The maximum Gasteiger partial charge on any atom is 0.441 e. The predicted molar refractivity (Wildman–Crippen MR) is 57.8 cm³/mol. The smallest absolute Gasteiger partial charge is 0.399 e. The molecular formula is C9H10F4N2S. The van der Waals surface area contributed by atoms with Crippen LogP contribution in [0.1, 0.15) is 0 Å². The van der Waals surface area contributed by atoms with Gasteiger partial charge in [-0.15, -0.1) is 0 Å². The minimum atomic E-state index is -4.23. The maximum atomic E-state index is 12.8. The Balaban J connectivity index is 2.37. The summed E-state index contributed by atoms with van der Waals surface area (Å²) in [6.45, 7) is 0.0903. The monoisotopic (exact) mass is 254 g/mol. The van der Waals surface area contributed by atoms with E-state index in [2.05, 4.69) is 5.32 Å². The third-order valence-electron chi connectivity index (χ3n) is 1.62. The van der Waals surface area contributed by atoms with Crippen molar-refractivity contribution in [2.24, 2.45) is 0 Å². The molecule has 0 radical (unpaired) electrons. The van der Waals surface area contributed by atoms with Crippen LogP contribution >= 0.6 is 11.8 Å². The number of halogens is 4. The van der Waals surface area contributed by atoms with Crippen molar-refractivity contribution in [1.29, 1.82) is 0 Å². The van der Waals surface area contributed by atoms with Crippen LogP contribution in [0.5, 0.6) is 0 Å². The zero-order valence-electron chi connectivity index (χ0n) is 8.14. The molecule has 16 heavy (non-hydrogen) atoms. The Bertz CT molecular complexity index is 334. The number of nitrogens with one attached hydrogen (secondary N) is 1. The van der Waals surface area contributed by atoms with Crippen molar-refractivity contribution in [1.82, 2.24) is 0 Å². The number of anilines is 2. The number of nitrogens with two attached hydrogens (primary N) is 1. The lowest BCUT2D eigenvalue weighted by Gasteiger charge is -2.08. The predicted octanol–water partition coefficient (Wildman–Crippen LogP) is 3.07. The Morgan fingerprint density at radius 1 is 1.25 bits per heavy atom. The van der Waals surface area contributed by atoms with Gasteiger partial charge in [0.2, 0.25) is 0 Å². The third-order valence-corrected chi connectivity index (χ3v) is 2.35. The molecule has 0 fully saturated rings. The van der Waals surface area contributed by atoms with Crippen LogP contribution in [0.2, 0.25) is 0 Å². The van der Waals surface area contributed by atoms with Crippen molar-refractivity contribution in [3.63, 3.8) is 0 Å². The van der Waals surface area contributed by atoms with Crippen molar-refractivity contribution in [2.45, 2.75) is 5.51 Å². The van der Waals surface area contributed by atoms with Crippen LogP contribution < -0.4 is 11.1 Å². The van der Waals surface area contributed by atoms with Crippen LogP contribution in [0.25, 0.3) is 0 Å². The number of rotatable bonds is 4. The summed E-state index contributed by atoms with van der Waals surface area (Å²) < 4.78 is 48.1. The largest absolute Gasteiger partial charge is 0.441 e. The van der Waals surface area contributed by atoms with E-state index in [1.165, 1.54) is 12.1 Å². The van der Waals surface area contributed by atoms with Gasteiger partial charge in [0.15, 0.2) is 0 Å². The normalized spacial score (nSPS) is 11.5. The first-order valence-corrected chi connectivity index (χ1v) is 5.36. The lowest BCUT2D eigenvalue weighted by Crippen LogP contribution is -2.09. The second-order valence-corrected chi connectivity index (χ2v) is 4.15. The fraction of sp³-hybridized carbons (Fsp3) is 0.333. The van der Waals surface area contributed by atoms with Gasteiger partial charge in [0.1, 0.15) is 5.82 Å². The number of thioether (sulfide) groups is 1. The van der Waals surface area contributed by atoms with Gasteiger partial charge in [-0.3, -0.25) is 0 Å². The number of hydrogen-bond acceptors (Lipinski definition) is 3. The highest BCUT2D eigenvalue weighted by Crippen LogP contribution is 2.29. The molecule has 1 rings (SSSR count). The van der Waals surface area contributed by atoms with E-state index in [0.717, 1.165) is 6.07 Å². The first-order chi connectivity index (χ1) is 7.37. The van der Waals surface area contributed by atoms with E-state index in [0.29, 0.717) is 5.69 Å². The highest BCUT2D eigenvalue weighted by molar-refractivity contribution is 8.00. The number of alkyl halides is 3. The van der Waals surface area contributed by atoms with E-state index in [1.54, 1.807) is 0 Å². The summed E-state index contributed by atoms with van der Waals surface area (Å²) in [7, 11) is 0. The summed E-state index contributed by atoms with van der Waals surface area (Å²) in [6.07, 6.45) is 0. The molecule has 0 saturated carbocycles. The van der Waals surface area contributed by atoms with Crippen LogP contribution in [-0.4, -0.2) is 17.8 Å². The number of hydrogen-bond donors (Lipinski definition) is 2. The summed E-state index contributed by atoms with van der Waals surface area (Å²) in [5.41, 5.74) is 1.74. The zero-order valence-corrected chi connectivity index (χ0v) is 8.96. The van der Waals surface area contributed by atoms with Crippen molar-refractivity contribution in [3.05, 3.63) is 24.0 Å². The van der Waals surface area contributed by atoms with Crippen molar-refractivity contribution in [3.8, 4) is 0 Å². The van der Waals surface area contributed by atoms with Crippen molar-refractivity contribution >= 4 is 23.1 Å². The average Bonchev–Trinajstić information content (AvgIpc) is 2.09. The van der Waals surface area contributed by atoms with Crippen LogP contribution in [0.3, 0.4) is 0 Å². The standard InChI is InChI=1S/C9H10F4N2S/c10-6-3-7(14)5-8(4-6)15-1-2-16-9(11,12)13/h3-5,15H,1-2,14H2. The molecule has 0 saturated heterocycles. The first-order valence-electron chi connectivity index (χ1n) is 4.37. The van der Waals surface area contributed by atoms with Crippen LogP contribution in [0.4, 0.5) is 28.9 Å². The molecule has 0 atom stereocenters. The number of benzene rings is 1. The molecule has 0 amide bonds. The fourth-order valence-electron chi connectivity index (χ4n) is 1.08. The van der Waals surface area contributed by atoms with Gasteiger partial charge in [0.05, 0.1) is 0 Å². The molecule has 0 aliphatic carbocycles. The lowest BCUT2D eigenvalue weighted by atomic mass is 10.2. The molecule has 0 aliphatic rings. The average molecular weight is 254 g/mol. The summed E-state index contributed by atoms with van der Waals surface area (Å²) in [5, 5.41) is 2.66. The van der Waals surface area contributed by atoms with Gasteiger partial charge in [0.25, 0.3) is 0 Å². The Labute approximate surface area is 94.2 Å². The van der Waals surface area contributed by atoms with E-state index in [9.17, 15) is 17.6 Å². The highest BCUT2D eigenvalue weighted by atomic mass is 32.2. The first kappa shape index (κ1) is 13.0. The van der Waals surface area contributed by atoms with Crippen LogP contribution in [0.15, 0.2) is 18.2 Å². The second kappa shape index (κ2) is 5.29. The van der Waals surface area contributed by atoms with E-state index in [4.69, 9.17) is 5.73 Å². The van der Waals surface area contributed by atoms with Gasteiger partial charge < -0.3 is 11.1 Å². The summed E-state index contributed by atoms with van der Waals surface area (Å²) in [6, 6.07) is 3.77. The van der Waals surface area contributed by atoms with Gasteiger partial charge in [-0.25, -0.2) is 4.39 Å². The van der Waals surface area contributed by atoms with E-state index in [-0.39, 0.29) is 29.7 Å². The molecule has 7 heteroatoms. The highest BCUT2D eigenvalue weighted by Gasteiger charge is 2.27. The maximum absolute atomic E-state index is 12.8. The van der Waals surface area contributed by atoms with Gasteiger partial charge >= 0.3 is 5.51 Å². The SMILES string of the molecule is Nc1cc(F)cc(NCCSC(F)(F)F)c1. The molecule has 2 nitrogen and oxygen atoms in total. The molecule has 0 aliphatic heterocycles. The van der Waals surface area contributed by atoms with Gasteiger partial charge in [0, 0.05) is 23.7 Å². The molecule has 0 spiro atoms. The molecule has 0 heterocycles. The van der Waals surface area contributed by atoms with Gasteiger partial charge in [-0.05, 0) is 30.0 Å². The quantitative estimate of drug-likeness (QED) is 0.492. The summed E-state index contributed by atoms with van der Waals surface area (Å²) in [5.74, 6) is -0.661. The molecule has 90 valence electrons. The molecule has 1 aromatic carbocycles. The van der Waals surface area contributed by atoms with Gasteiger partial charge in [-0.1, -0.05) is 0 Å². The summed E-state index contributed by atoms with van der Waals surface area (Å²) in [4.78, 5) is 0. The Morgan fingerprint density at radius 3 is 2.50 bits per heavy atom. The lowest BCUT2D eigenvalue weighted by molar-refractivity contribution is -0.0327. The second-order valence-electron chi connectivity index (χ2n) is 2.99. The minimum absolute atomic E-state index is 0.0903. The Kier molecular flexibility index (Phi) is 4.28. The molecule has 0 aromatic heterocycles. The van der Waals surface area contributed by atoms with E-state index >= 15 is 0 Å². The third kappa shape index (κ3) is 5.11. The zero-order chi connectivity index (χ0) is 12.2. The molecular weight excluding hydrogens is 244 g/mol. The van der Waals surface area contributed by atoms with Crippen LogP contribution in [-0.2, 0) is 0 Å². The summed E-state index contributed by atoms with van der Waals surface area (Å²) >= 11 is -0.126. The molecule has 0 bridgehead atoms. The van der Waals surface area contributed by atoms with Gasteiger partial charge in [-0.2, -0.15) is 13.2 Å². The van der Waals surface area contributed by atoms with Crippen LogP contribution in [0, 0.1) is 5.82 Å². The number of nitrogen functional groups attached to an aromatic ring is 1. The Hall–Kier alpha value is -1.11. The molecule has 1 aromatic rings. The minimum Gasteiger partial charge on any atom is -0.399 e. The molecule has 0 unspecified atom stereocenters. The van der Waals surface area contributed by atoms with Crippen molar-refractivity contribution in [2.75, 3.05) is 23.3 Å². The molecule has 3 N–H and O–H groups in total. The fourth-order valence-corrected chi connectivity index (χ4v) is 1.51. The van der Waals surface area contributed by atoms with E-state index < -0.39 is 11.3 Å². The topological polar surface area (TPSA) is 38.0 Å². The van der Waals surface area contributed by atoms with Crippen molar-refractivity contribution < 1.29 is 17.6 Å². The van der Waals surface area contributed by atoms with E-state index in [1.807, 2.05) is 0 Å².